The summed E-state index contributed by atoms with van der Waals surface area (Å²) in [6, 6.07) is 18.4. The first-order chi connectivity index (χ1) is 16.1. The lowest BCUT2D eigenvalue weighted by molar-refractivity contribution is -0.125. The number of hydrogen-bond donors (Lipinski definition) is 1. The zero-order valence-electron chi connectivity index (χ0n) is 19.0. The van der Waals surface area contributed by atoms with Crippen molar-refractivity contribution in [3.05, 3.63) is 72.7 Å². The van der Waals surface area contributed by atoms with E-state index in [1.165, 1.54) is 17.8 Å². The molecule has 4 rings (SSSR count). The SMILES string of the molecule is CN(CCCNC(=O)C1CCCN(c2ccnc(-c3cccc(F)c3)n2)C1)c1ccccc1. The molecule has 6 nitrogen and oxygen atoms in total. The zero-order valence-corrected chi connectivity index (χ0v) is 19.0. The minimum Gasteiger partial charge on any atom is -0.375 e. The van der Waals surface area contributed by atoms with Crippen LogP contribution in [-0.2, 0) is 4.79 Å². The molecule has 7 heteroatoms. The van der Waals surface area contributed by atoms with Gasteiger partial charge in [-0.2, -0.15) is 0 Å². The number of benzene rings is 2. The Labute approximate surface area is 194 Å². The number of halogens is 1. The molecule has 0 bridgehead atoms. The largest absolute Gasteiger partial charge is 0.375 e. The fraction of sp³-hybridized carbons (Fsp3) is 0.346. The summed E-state index contributed by atoms with van der Waals surface area (Å²) < 4.78 is 13.6. The number of nitrogens with one attached hydrogen (secondary N) is 1. The van der Waals surface area contributed by atoms with Crippen LogP contribution in [0, 0.1) is 11.7 Å². The number of para-hydroxylation sites is 1. The summed E-state index contributed by atoms with van der Waals surface area (Å²) in [7, 11) is 2.07. The average Bonchev–Trinajstić information content (AvgIpc) is 2.87. The van der Waals surface area contributed by atoms with Gasteiger partial charge in [-0.15, -0.1) is 0 Å². The second kappa shape index (κ2) is 10.9. The van der Waals surface area contributed by atoms with Gasteiger partial charge in [0.25, 0.3) is 0 Å². The van der Waals surface area contributed by atoms with Crippen LogP contribution in [0.5, 0.6) is 0 Å². The molecule has 2 heterocycles. The first-order valence-corrected chi connectivity index (χ1v) is 11.5. The Balaban J connectivity index is 1.29. The van der Waals surface area contributed by atoms with Crippen molar-refractivity contribution in [3.63, 3.8) is 0 Å². The Bertz CT molecular complexity index is 1060. The summed E-state index contributed by atoms with van der Waals surface area (Å²) in [5.41, 5.74) is 1.82. The fourth-order valence-corrected chi connectivity index (χ4v) is 4.17. The standard InChI is InChI=1S/C26H30FN5O/c1-31(23-11-3-2-4-12-23)16-7-14-29-26(33)21-9-6-17-32(19-21)24-13-15-28-25(30-24)20-8-5-10-22(27)18-20/h2-5,8,10-13,15,18,21H,6-7,9,14,16-17,19H2,1H3,(H,29,33). The van der Waals surface area contributed by atoms with Crippen LogP contribution >= 0.6 is 0 Å². The predicted molar refractivity (Wildman–Crippen MR) is 130 cm³/mol. The van der Waals surface area contributed by atoms with E-state index in [1.54, 1.807) is 18.3 Å². The number of piperidine rings is 1. The third-order valence-corrected chi connectivity index (χ3v) is 6.01. The molecule has 2 aromatic carbocycles. The molecule has 0 saturated carbocycles. The molecule has 1 N–H and O–H groups in total. The van der Waals surface area contributed by atoms with Crippen LogP contribution < -0.4 is 15.1 Å². The molecule has 1 saturated heterocycles. The van der Waals surface area contributed by atoms with Crippen molar-refractivity contribution in [2.45, 2.75) is 19.3 Å². The molecule has 1 aliphatic heterocycles. The van der Waals surface area contributed by atoms with Crippen LogP contribution in [0.1, 0.15) is 19.3 Å². The number of aromatic nitrogens is 2. The summed E-state index contributed by atoms with van der Waals surface area (Å²) in [6.45, 7) is 3.00. The van der Waals surface area contributed by atoms with E-state index in [0.29, 0.717) is 24.5 Å². The van der Waals surface area contributed by atoms with Crippen molar-refractivity contribution < 1.29 is 9.18 Å². The zero-order chi connectivity index (χ0) is 23.0. The van der Waals surface area contributed by atoms with E-state index in [4.69, 9.17) is 0 Å². The quantitative estimate of drug-likeness (QED) is 0.526. The van der Waals surface area contributed by atoms with Crippen molar-refractivity contribution in [1.82, 2.24) is 15.3 Å². The van der Waals surface area contributed by atoms with Gasteiger partial charge in [0.05, 0.1) is 5.92 Å². The van der Waals surface area contributed by atoms with Crippen LogP contribution in [0.2, 0.25) is 0 Å². The van der Waals surface area contributed by atoms with Crippen molar-refractivity contribution in [2.75, 3.05) is 43.0 Å². The van der Waals surface area contributed by atoms with Crippen molar-refractivity contribution in [1.29, 1.82) is 0 Å². The molecule has 0 radical (unpaired) electrons. The van der Waals surface area contributed by atoms with E-state index in [1.807, 2.05) is 24.3 Å². The minimum absolute atomic E-state index is 0.0711. The lowest BCUT2D eigenvalue weighted by Crippen LogP contribution is -2.43. The van der Waals surface area contributed by atoms with Crippen LogP contribution in [0.15, 0.2) is 66.9 Å². The number of nitrogens with zero attached hydrogens (tertiary/aromatic N) is 4. The number of carbonyl (C=O) groups is 1. The fourth-order valence-electron chi connectivity index (χ4n) is 4.17. The van der Waals surface area contributed by atoms with Gasteiger partial charge in [-0.25, -0.2) is 14.4 Å². The highest BCUT2D eigenvalue weighted by molar-refractivity contribution is 5.79. The Morgan fingerprint density at radius 1 is 1.18 bits per heavy atom. The molecule has 1 amide bonds. The lowest BCUT2D eigenvalue weighted by Gasteiger charge is -2.33. The smallest absolute Gasteiger partial charge is 0.224 e. The lowest BCUT2D eigenvalue weighted by atomic mass is 9.97. The summed E-state index contributed by atoms with van der Waals surface area (Å²) in [5.74, 6) is 0.971. The molecule has 1 fully saturated rings. The maximum atomic E-state index is 13.6. The van der Waals surface area contributed by atoms with E-state index < -0.39 is 0 Å². The number of carbonyl (C=O) groups excluding carboxylic acids is 1. The minimum atomic E-state index is -0.314. The van der Waals surface area contributed by atoms with Crippen LogP contribution in [0.25, 0.3) is 11.4 Å². The highest BCUT2D eigenvalue weighted by atomic mass is 19.1. The van der Waals surface area contributed by atoms with Crippen LogP contribution in [0.3, 0.4) is 0 Å². The van der Waals surface area contributed by atoms with E-state index in [0.717, 1.165) is 38.2 Å². The normalized spacial score (nSPS) is 15.8. The first-order valence-electron chi connectivity index (χ1n) is 11.5. The Morgan fingerprint density at radius 3 is 2.85 bits per heavy atom. The molecule has 3 aromatic rings. The summed E-state index contributed by atoms with van der Waals surface area (Å²) >= 11 is 0. The third kappa shape index (κ3) is 6.06. The van der Waals surface area contributed by atoms with Crippen molar-refractivity contribution in [2.24, 2.45) is 5.92 Å². The molecular weight excluding hydrogens is 417 g/mol. The van der Waals surface area contributed by atoms with E-state index >= 15 is 0 Å². The van der Waals surface area contributed by atoms with Crippen molar-refractivity contribution >= 4 is 17.4 Å². The third-order valence-electron chi connectivity index (χ3n) is 6.01. The van der Waals surface area contributed by atoms with Gasteiger partial charge in [0.1, 0.15) is 11.6 Å². The predicted octanol–water partition coefficient (Wildman–Crippen LogP) is 4.14. The molecule has 0 aliphatic carbocycles. The van der Waals surface area contributed by atoms with Gasteiger partial charge in [-0.3, -0.25) is 4.79 Å². The topological polar surface area (TPSA) is 61.4 Å². The molecule has 1 aliphatic rings. The Kier molecular flexibility index (Phi) is 7.50. The molecule has 172 valence electrons. The summed E-state index contributed by atoms with van der Waals surface area (Å²) in [5, 5.41) is 3.11. The van der Waals surface area contributed by atoms with Gasteiger partial charge in [0.2, 0.25) is 5.91 Å². The van der Waals surface area contributed by atoms with Gasteiger partial charge in [-0.1, -0.05) is 30.3 Å². The van der Waals surface area contributed by atoms with E-state index in [-0.39, 0.29) is 17.6 Å². The van der Waals surface area contributed by atoms with Crippen molar-refractivity contribution in [3.8, 4) is 11.4 Å². The Morgan fingerprint density at radius 2 is 2.03 bits per heavy atom. The van der Waals surface area contributed by atoms with E-state index in [2.05, 4.69) is 44.3 Å². The second-order valence-corrected chi connectivity index (χ2v) is 8.44. The van der Waals surface area contributed by atoms with Gasteiger partial charge < -0.3 is 15.1 Å². The highest BCUT2D eigenvalue weighted by Gasteiger charge is 2.26. The molecule has 1 aromatic heterocycles. The highest BCUT2D eigenvalue weighted by Crippen LogP contribution is 2.24. The maximum Gasteiger partial charge on any atom is 0.224 e. The molecule has 33 heavy (non-hydrogen) atoms. The van der Waals surface area contributed by atoms with E-state index in [9.17, 15) is 9.18 Å². The van der Waals surface area contributed by atoms with Gasteiger partial charge >= 0.3 is 0 Å². The first kappa shape index (κ1) is 22.7. The summed E-state index contributed by atoms with van der Waals surface area (Å²) in [4.78, 5) is 26.0. The van der Waals surface area contributed by atoms with Crippen LogP contribution in [0.4, 0.5) is 15.9 Å². The number of anilines is 2. The average molecular weight is 448 g/mol. The summed E-state index contributed by atoms with van der Waals surface area (Å²) in [6.07, 6.45) is 4.37. The van der Waals surface area contributed by atoms with Gasteiger partial charge in [0, 0.05) is 50.7 Å². The molecule has 1 unspecified atom stereocenters. The molecule has 1 atom stereocenters. The number of rotatable bonds is 8. The van der Waals surface area contributed by atoms with Gasteiger partial charge in [0.15, 0.2) is 5.82 Å². The Hall–Kier alpha value is -3.48. The molecular formula is C26H30FN5O. The second-order valence-electron chi connectivity index (χ2n) is 8.44. The monoisotopic (exact) mass is 447 g/mol. The molecule has 0 spiro atoms. The number of hydrogen-bond acceptors (Lipinski definition) is 5. The number of amides is 1. The van der Waals surface area contributed by atoms with Gasteiger partial charge in [-0.05, 0) is 49.6 Å². The maximum absolute atomic E-state index is 13.6. The van der Waals surface area contributed by atoms with Crippen LogP contribution in [-0.4, -0.2) is 49.1 Å².